The Hall–Kier alpha value is -2.52. The Labute approximate surface area is 148 Å². The normalized spacial score (nSPS) is 11.5. The summed E-state index contributed by atoms with van der Waals surface area (Å²) < 4.78 is 30.2. The van der Waals surface area contributed by atoms with Gasteiger partial charge < -0.3 is 0 Å². The number of halogens is 3. The average molecular weight is 380 g/mol. The average Bonchev–Trinajstić information content (AvgIpc) is 3.06. The van der Waals surface area contributed by atoms with E-state index in [2.05, 4.69) is 15.0 Å². The van der Waals surface area contributed by atoms with E-state index in [1.165, 1.54) is 28.6 Å². The Morgan fingerprint density at radius 1 is 1.24 bits per heavy atom. The minimum Gasteiger partial charge on any atom is -0.268 e. The number of hydrogen-bond acceptors (Lipinski definition) is 5. The predicted molar refractivity (Wildman–Crippen MR) is 90.6 cm³/mol. The van der Waals surface area contributed by atoms with Gasteiger partial charge in [-0.3, -0.25) is 9.20 Å². The zero-order chi connectivity index (χ0) is 17.7. The summed E-state index contributed by atoms with van der Waals surface area (Å²) in [4.78, 5) is 25.5. The fourth-order valence-corrected chi connectivity index (χ4v) is 3.19. The minimum atomic E-state index is -0.974. The molecule has 6 nitrogen and oxygen atoms in total. The Bertz CT molecular complexity index is 1180. The number of nitrogens with zero attached hydrogens (tertiary/aromatic N) is 5. The van der Waals surface area contributed by atoms with Crippen molar-refractivity contribution in [2.45, 2.75) is 5.16 Å². The predicted octanol–water partition coefficient (Wildman–Crippen LogP) is 3.08. The maximum absolute atomic E-state index is 14.4. The molecular weight excluding hydrogens is 372 g/mol. The van der Waals surface area contributed by atoms with Crippen LogP contribution in [-0.2, 0) is 0 Å². The lowest BCUT2D eigenvalue weighted by Crippen LogP contribution is -2.23. The molecule has 4 rings (SSSR count). The summed E-state index contributed by atoms with van der Waals surface area (Å²) >= 11 is 7.32. The molecule has 0 spiro atoms. The fraction of sp³-hybridized carbons (Fsp3) is 0.0667. The van der Waals surface area contributed by atoms with Crippen LogP contribution in [-0.4, -0.2) is 30.2 Å². The summed E-state index contributed by atoms with van der Waals surface area (Å²) in [6.45, 7) is 0. The molecule has 25 heavy (non-hydrogen) atoms. The van der Waals surface area contributed by atoms with Gasteiger partial charge in [-0.05, 0) is 12.3 Å². The van der Waals surface area contributed by atoms with E-state index >= 15 is 0 Å². The minimum absolute atomic E-state index is 0.107. The Morgan fingerprint density at radius 2 is 2.04 bits per heavy atom. The van der Waals surface area contributed by atoms with E-state index in [1.807, 2.05) is 0 Å². The molecule has 0 aliphatic carbocycles. The van der Waals surface area contributed by atoms with Crippen LogP contribution in [0, 0.1) is 11.6 Å². The summed E-state index contributed by atoms with van der Waals surface area (Å²) in [5.74, 6) is -1.71. The molecule has 4 aromatic rings. The fourth-order valence-electron chi connectivity index (χ4n) is 2.58. The highest BCUT2D eigenvalue weighted by Crippen LogP contribution is 2.26. The van der Waals surface area contributed by atoms with Gasteiger partial charge in [-0.2, -0.15) is 0 Å². The smallest absolute Gasteiger partial charge is 0.268 e. The van der Waals surface area contributed by atoms with Crippen LogP contribution in [0.3, 0.4) is 0 Å². The number of hydrogen-bond donors (Lipinski definition) is 0. The van der Waals surface area contributed by atoms with E-state index in [4.69, 9.17) is 11.6 Å². The van der Waals surface area contributed by atoms with Crippen LogP contribution < -0.4 is 5.56 Å². The lowest BCUT2D eigenvalue weighted by Gasteiger charge is -2.12. The molecule has 0 aliphatic heterocycles. The van der Waals surface area contributed by atoms with Crippen molar-refractivity contribution >= 4 is 40.2 Å². The lowest BCUT2D eigenvalue weighted by atomic mass is 10.2. The Kier molecular flexibility index (Phi) is 3.69. The molecule has 0 radical (unpaired) electrons. The number of rotatable bonds is 2. The molecule has 0 N–H and O–H groups in total. The first-order valence-electron chi connectivity index (χ1n) is 6.95. The molecule has 3 aromatic heterocycles. The van der Waals surface area contributed by atoms with Crippen molar-refractivity contribution in [3.63, 3.8) is 0 Å². The van der Waals surface area contributed by atoms with Gasteiger partial charge in [0, 0.05) is 24.7 Å². The molecule has 10 heteroatoms. The van der Waals surface area contributed by atoms with Crippen molar-refractivity contribution in [2.75, 3.05) is 6.26 Å². The Morgan fingerprint density at radius 3 is 2.76 bits per heavy atom. The number of benzene rings is 1. The van der Waals surface area contributed by atoms with Crippen LogP contribution >= 0.6 is 23.4 Å². The van der Waals surface area contributed by atoms with Gasteiger partial charge in [0.15, 0.2) is 16.6 Å². The van der Waals surface area contributed by atoms with E-state index in [0.717, 1.165) is 10.6 Å². The molecule has 1 aromatic carbocycles. The van der Waals surface area contributed by atoms with E-state index in [0.29, 0.717) is 16.9 Å². The summed E-state index contributed by atoms with van der Waals surface area (Å²) in [6, 6.07) is 1.59. The highest BCUT2D eigenvalue weighted by Gasteiger charge is 2.20. The molecule has 126 valence electrons. The van der Waals surface area contributed by atoms with Gasteiger partial charge >= 0.3 is 0 Å². The SMILES string of the molecule is CSc1ncc2c(=O)n(-c3c(F)cc(F)cc3Cl)c3nccn3c2n1. The standard InChI is InChI=1S/C15H8ClF2N5OS/c1-25-14-20-6-8-12(21-14)22-3-2-19-15(22)23(13(8)24)11-9(16)4-7(17)5-10(11)18/h2-6H,1H3. The molecule has 0 saturated heterocycles. The van der Waals surface area contributed by atoms with Gasteiger partial charge in [0.2, 0.25) is 5.78 Å². The third-order valence-corrected chi connectivity index (χ3v) is 4.47. The number of aromatic nitrogens is 5. The van der Waals surface area contributed by atoms with E-state index in [1.54, 1.807) is 12.5 Å². The van der Waals surface area contributed by atoms with E-state index < -0.39 is 17.2 Å². The third kappa shape index (κ3) is 2.38. The highest BCUT2D eigenvalue weighted by molar-refractivity contribution is 7.98. The van der Waals surface area contributed by atoms with Crippen molar-refractivity contribution in [3.05, 3.63) is 57.7 Å². The molecule has 3 heterocycles. The maximum atomic E-state index is 14.4. The van der Waals surface area contributed by atoms with E-state index in [-0.39, 0.29) is 21.9 Å². The first kappa shape index (κ1) is 16.0. The van der Waals surface area contributed by atoms with Crippen molar-refractivity contribution in [1.82, 2.24) is 23.9 Å². The van der Waals surface area contributed by atoms with Gasteiger partial charge in [0.1, 0.15) is 16.9 Å². The lowest BCUT2D eigenvalue weighted by molar-refractivity contribution is 0.577. The van der Waals surface area contributed by atoms with Crippen molar-refractivity contribution in [3.8, 4) is 5.69 Å². The highest BCUT2D eigenvalue weighted by atomic mass is 35.5. The van der Waals surface area contributed by atoms with Crippen molar-refractivity contribution < 1.29 is 8.78 Å². The second-order valence-corrected chi connectivity index (χ2v) is 6.23. The summed E-state index contributed by atoms with van der Waals surface area (Å²) in [5.41, 5.74) is -0.541. The van der Waals surface area contributed by atoms with Gasteiger partial charge in [-0.25, -0.2) is 28.3 Å². The largest absolute Gasteiger partial charge is 0.270 e. The zero-order valence-corrected chi connectivity index (χ0v) is 14.1. The van der Waals surface area contributed by atoms with Crippen LogP contribution in [0.1, 0.15) is 0 Å². The summed E-state index contributed by atoms with van der Waals surface area (Å²) in [5, 5.41) is 0.388. The maximum Gasteiger partial charge on any atom is 0.270 e. The van der Waals surface area contributed by atoms with E-state index in [9.17, 15) is 13.6 Å². The molecular formula is C15H8ClF2N5OS. The molecule has 0 saturated carbocycles. The quantitative estimate of drug-likeness (QED) is 0.395. The summed E-state index contributed by atoms with van der Waals surface area (Å²) in [6.07, 6.45) is 6.20. The second kappa shape index (κ2) is 5.78. The third-order valence-electron chi connectivity index (χ3n) is 3.62. The number of imidazole rings is 1. The molecule has 0 aliphatic rings. The van der Waals surface area contributed by atoms with Gasteiger partial charge in [0.05, 0.1) is 5.02 Å². The molecule has 0 bridgehead atoms. The van der Waals surface area contributed by atoms with Crippen LogP contribution in [0.25, 0.3) is 22.5 Å². The molecule has 0 unspecified atom stereocenters. The van der Waals surface area contributed by atoms with Gasteiger partial charge in [-0.15, -0.1) is 0 Å². The van der Waals surface area contributed by atoms with Crippen LogP contribution in [0.4, 0.5) is 8.78 Å². The van der Waals surface area contributed by atoms with Crippen molar-refractivity contribution in [1.29, 1.82) is 0 Å². The number of thioether (sulfide) groups is 1. The first-order chi connectivity index (χ1) is 12.0. The first-order valence-corrected chi connectivity index (χ1v) is 8.55. The topological polar surface area (TPSA) is 65.1 Å². The monoisotopic (exact) mass is 379 g/mol. The van der Waals surface area contributed by atoms with Crippen LogP contribution in [0.2, 0.25) is 5.02 Å². The second-order valence-electron chi connectivity index (χ2n) is 5.05. The molecule has 0 fully saturated rings. The zero-order valence-electron chi connectivity index (χ0n) is 12.6. The van der Waals surface area contributed by atoms with Crippen molar-refractivity contribution in [2.24, 2.45) is 0 Å². The molecule has 0 amide bonds. The van der Waals surface area contributed by atoms with Gasteiger partial charge in [0.25, 0.3) is 5.56 Å². The van der Waals surface area contributed by atoms with Crippen LogP contribution in [0.15, 0.2) is 40.7 Å². The molecule has 0 atom stereocenters. The van der Waals surface area contributed by atoms with Crippen LogP contribution in [0.5, 0.6) is 0 Å². The Balaban J connectivity index is 2.21. The summed E-state index contributed by atoms with van der Waals surface area (Å²) in [7, 11) is 0. The van der Waals surface area contributed by atoms with Gasteiger partial charge in [-0.1, -0.05) is 23.4 Å². The number of fused-ring (bicyclic) bond motifs is 3.